The Bertz CT molecular complexity index is 365. The highest BCUT2D eigenvalue weighted by atomic mass is 16.5. The lowest BCUT2D eigenvalue weighted by Gasteiger charge is -2.17. The number of benzene rings is 1. The topological polar surface area (TPSA) is 73.6 Å². The Morgan fingerprint density at radius 1 is 1.39 bits per heavy atom. The minimum atomic E-state index is -0.483. The minimum absolute atomic E-state index is 0.103. The Morgan fingerprint density at radius 3 is 2.56 bits per heavy atom. The highest BCUT2D eigenvalue weighted by Crippen LogP contribution is 2.16. The van der Waals surface area contributed by atoms with E-state index in [9.17, 15) is 4.79 Å². The Balaban J connectivity index is 2.51. The fourth-order valence-corrected chi connectivity index (χ4v) is 1.50. The highest BCUT2D eigenvalue weighted by molar-refractivity contribution is 5.75. The molecule has 0 heterocycles. The van der Waals surface area contributed by atoms with Crippen LogP contribution in [-0.4, -0.2) is 32.3 Å². The number of ether oxygens (including phenoxy) is 2. The number of hydrogen-bond acceptors (Lipinski definition) is 4. The molecule has 0 radical (unpaired) electrons. The first kappa shape index (κ1) is 14.3. The molecule has 0 aliphatic heterocycles. The van der Waals surface area contributed by atoms with Gasteiger partial charge in [-0.25, -0.2) is 0 Å². The van der Waals surface area contributed by atoms with Gasteiger partial charge < -0.3 is 20.5 Å². The summed E-state index contributed by atoms with van der Waals surface area (Å²) in [6.07, 6.45) is 0.980. The molecule has 0 saturated heterocycles. The first-order chi connectivity index (χ1) is 8.65. The van der Waals surface area contributed by atoms with E-state index in [-0.39, 0.29) is 12.6 Å². The van der Waals surface area contributed by atoms with Crippen LogP contribution in [-0.2, 0) is 9.53 Å². The van der Waals surface area contributed by atoms with Crippen LogP contribution in [0.1, 0.15) is 13.3 Å². The van der Waals surface area contributed by atoms with E-state index >= 15 is 0 Å². The molecular weight excluding hydrogens is 232 g/mol. The summed E-state index contributed by atoms with van der Waals surface area (Å²) in [5.74, 6) is 0.141. The van der Waals surface area contributed by atoms with Gasteiger partial charge in [0.15, 0.2) is 6.61 Å². The lowest BCUT2D eigenvalue weighted by atomic mass is 10.2. The van der Waals surface area contributed by atoms with Crippen molar-refractivity contribution >= 4 is 11.6 Å². The van der Waals surface area contributed by atoms with Gasteiger partial charge in [0, 0.05) is 18.8 Å². The summed E-state index contributed by atoms with van der Waals surface area (Å²) in [5.41, 5.74) is 5.99. The van der Waals surface area contributed by atoms with Crippen molar-refractivity contribution in [2.45, 2.75) is 19.4 Å². The summed E-state index contributed by atoms with van der Waals surface area (Å²) >= 11 is 0. The molecule has 0 fully saturated rings. The van der Waals surface area contributed by atoms with Gasteiger partial charge in [-0.3, -0.25) is 4.79 Å². The first-order valence-corrected chi connectivity index (χ1v) is 5.92. The van der Waals surface area contributed by atoms with Crippen molar-refractivity contribution in [1.82, 2.24) is 0 Å². The molecule has 0 saturated carbocycles. The summed E-state index contributed by atoms with van der Waals surface area (Å²) in [6.45, 7) is 2.66. The Morgan fingerprint density at radius 2 is 2.06 bits per heavy atom. The molecule has 18 heavy (non-hydrogen) atoms. The quantitative estimate of drug-likeness (QED) is 0.733. The van der Waals surface area contributed by atoms with Gasteiger partial charge in [-0.05, 0) is 30.7 Å². The zero-order valence-electron chi connectivity index (χ0n) is 10.8. The summed E-state index contributed by atoms with van der Waals surface area (Å²) in [7, 11) is 1.69. The van der Waals surface area contributed by atoms with E-state index in [1.165, 1.54) is 0 Å². The van der Waals surface area contributed by atoms with E-state index in [0.717, 1.165) is 12.1 Å². The largest absolute Gasteiger partial charge is 0.484 e. The molecular formula is C13H20N2O3. The number of methoxy groups -OCH3 is 1. The van der Waals surface area contributed by atoms with Crippen molar-refractivity contribution in [2.75, 3.05) is 25.6 Å². The van der Waals surface area contributed by atoms with Crippen molar-refractivity contribution < 1.29 is 14.3 Å². The maximum absolute atomic E-state index is 10.6. The summed E-state index contributed by atoms with van der Waals surface area (Å²) < 4.78 is 10.3. The van der Waals surface area contributed by atoms with Crippen molar-refractivity contribution in [1.29, 1.82) is 0 Å². The number of primary amides is 1. The Labute approximate surface area is 107 Å². The Hall–Kier alpha value is -1.75. The van der Waals surface area contributed by atoms with Gasteiger partial charge in [-0.15, -0.1) is 0 Å². The SMILES string of the molecule is CCC(COC)Nc1ccc(OCC(N)=O)cc1. The molecule has 1 rings (SSSR count). The van der Waals surface area contributed by atoms with Crippen LogP contribution in [0.25, 0.3) is 0 Å². The molecule has 5 heteroatoms. The number of amides is 1. The van der Waals surface area contributed by atoms with Crippen LogP contribution in [0.15, 0.2) is 24.3 Å². The van der Waals surface area contributed by atoms with Crippen molar-refractivity contribution in [3.05, 3.63) is 24.3 Å². The molecule has 1 atom stereocenters. The minimum Gasteiger partial charge on any atom is -0.484 e. The average Bonchev–Trinajstić information content (AvgIpc) is 2.37. The molecule has 5 nitrogen and oxygen atoms in total. The third-order valence-electron chi connectivity index (χ3n) is 2.47. The number of carbonyl (C=O) groups is 1. The van der Waals surface area contributed by atoms with Gasteiger partial charge >= 0.3 is 0 Å². The predicted molar refractivity (Wildman–Crippen MR) is 70.7 cm³/mol. The maximum Gasteiger partial charge on any atom is 0.255 e. The van der Waals surface area contributed by atoms with Crippen LogP contribution in [0, 0.1) is 0 Å². The lowest BCUT2D eigenvalue weighted by Crippen LogP contribution is -2.23. The van der Waals surface area contributed by atoms with E-state index in [1.54, 1.807) is 19.2 Å². The fraction of sp³-hybridized carbons (Fsp3) is 0.462. The van der Waals surface area contributed by atoms with Crippen LogP contribution in [0.4, 0.5) is 5.69 Å². The van der Waals surface area contributed by atoms with E-state index in [4.69, 9.17) is 15.2 Å². The molecule has 1 unspecified atom stereocenters. The third-order valence-corrected chi connectivity index (χ3v) is 2.47. The number of anilines is 1. The molecule has 0 aromatic heterocycles. The normalized spacial score (nSPS) is 11.9. The van der Waals surface area contributed by atoms with E-state index in [1.807, 2.05) is 12.1 Å². The monoisotopic (exact) mass is 252 g/mol. The second kappa shape index (κ2) is 7.55. The molecule has 3 N–H and O–H groups in total. The van der Waals surface area contributed by atoms with Crippen molar-refractivity contribution in [3.8, 4) is 5.75 Å². The standard InChI is InChI=1S/C13H20N2O3/c1-3-10(8-17-2)15-11-4-6-12(7-5-11)18-9-13(14)16/h4-7,10,15H,3,8-9H2,1-2H3,(H2,14,16). The molecule has 0 spiro atoms. The number of carbonyl (C=O) groups excluding carboxylic acids is 1. The smallest absolute Gasteiger partial charge is 0.255 e. The zero-order chi connectivity index (χ0) is 13.4. The van der Waals surface area contributed by atoms with Crippen LogP contribution in [0.2, 0.25) is 0 Å². The Kier molecular flexibility index (Phi) is 6.00. The number of hydrogen-bond donors (Lipinski definition) is 2. The molecule has 0 aliphatic carbocycles. The van der Waals surface area contributed by atoms with Crippen molar-refractivity contribution in [2.24, 2.45) is 5.73 Å². The van der Waals surface area contributed by atoms with Crippen molar-refractivity contribution in [3.63, 3.8) is 0 Å². The van der Waals surface area contributed by atoms with Gasteiger partial charge in [0.2, 0.25) is 0 Å². The number of rotatable bonds is 8. The first-order valence-electron chi connectivity index (χ1n) is 5.92. The summed E-state index contributed by atoms with van der Waals surface area (Å²) in [6, 6.07) is 7.67. The molecule has 0 aliphatic rings. The van der Waals surface area contributed by atoms with Crippen LogP contribution in [0.5, 0.6) is 5.75 Å². The van der Waals surface area contributed by atoms with Crippen LogP contribution >= 0.6 is 0 Å². The van der Waals surface area contributed by atoms with Gasteiger partial charge in [0.25, 0.3) is 5.91 Å². The van der Waals surface area contributed by atoms with Gasteiger partial charge in [0.1, 0.15) is 5.75 Å². The predicted octanol–water partition coefficient (Wildman–Crippen LogP) is 1.39. The molecule has 1 aromatic carbocycles. The van der Waals surface area contributed by atoms with Gasteiger partial charge in [-0.2, -0.15) is 0 Å². The number of nitrogens with two attached hydrogens (primary N) is 1. The van der Waals surface area contributed by atoms with Gasteiger partial charge in [-0.1, -0.05) is 6.92 Å². The summed E-state index contributed by atoms with van der Waals surface area (Å²) in [5, 5.41) is 3.35. The van der Waals surface area contributed by atoms with E-state index < -0.39 is 5.91 Å². The van der Waals surface area contributed by atoms with Crippen LogP contribution < -0.4 is 15.8 Å². The highest BCUT2D eigenvalue weighted by Gasteiger charge is 2.05. The molecule has 0 bridgehead atoms. The maximum atomic E-state index is 10.6. The second-order valence-corrected chi connectivity index (χ2v) is 3.98. The number of nitrogens with one attached hydrogen (secondary N) is 1. The van der Waals surface area contributed by atoms with Crippen LogP contribution in [0.3, 0.4) is 0 Å². The summed E-state index contributed by atoms with van der Waals surface area (Å²) in [4.78, 5) is 10.6. The molecule has 1 amide bonds. The third kappa shape index (κ3) is 5.05. The second-order valence-electron chi connectivity index (χ2n) is 3.98. The van der Waals surface area contributed by atoms with E-state index in [0.29, 0.717) is 12.4 Å². The molecule has 100 valence electrons. The average molecular weight is 252 g/mol. The molecule has 1 aromatic rings. The fourth-order valence-electron chi connectivity index (χ4n) is 1.50. The zero-order valence-corrected chi connectivity index (χ0v) is 10.8. The lowest BCUT2D eigenvalue weighted by molar-refractivity contribution is -0.119. The van der Waals surface area contributed by atoms with E-state index in [2.05, 4.69) is 12.2 Å². The van der Waals surface area contributed by atoms with Gasteiger partial charge in [0.05, 0.1) is 6.61 Å².